The van der Waals surface area contributed by atoms with Crippen LogP contribution in [0.25, 0.3) is 11.0 Å². The van der Waals surface area contributed by atoms with Gasteiger partial charge in [-0.25, -0.2) is 4.98 Å². The van der Waals surface area contributed by atoms with E-state index >= 15 is 0 Å². The zero-order valence-electron chi connectivity index (χ0n) is 13.8. The van der Waals surface area contributed by atoms with Crippen LogP contribution in [-0.4, -0.2) is 26.2 Å². The van der Waals surface area contributed by atoms with E-state index in [4.69, 9.17) is 0 Å². The Morgan fingerprint density at radius 2 is 2.08 bits per heavy atom. The number of fused-ring (bicyclic) bond motifs is 1. The number of carbonyl (C=O) groups is 1. The second kappa shape index (κ2) is 7.94. The summed E-state index contributed by atoms with van der Waals surface area (Å²) in [6.45, 7) is 2.89. The third kappa shape index (κ3) is 4.06. The largest absolute Gasteiger partial charge is 0.351 e. The lowest BCUT2D eigenvalue weighted by atomic mass is 10.3. The Labute approximate surface area is 149 Å². The summed E-state index contributed by atoms with van der Waals surface area (Å²) in [6, 6.07) is 11.2. The molecule has 0 atom stereocenters. The molecule has 0 saturated carbocycles. The zero-order chi connectivity index (χ0) is 17.6. The molecule has 128 valence electrons. The Bertz CT molecular complexity index is 941. The summed E-state index contributed by atoms with van der Waals surface area (Å²) in [5.41, 5.74) is 2.33. The van der Waals surface area contributed by atoms with Crippen molar-refractivity contribution in [2.75, 3.05) is 5.75 Å². The number of thioether (sulfide) groups is 1. The Hall–Kier alpha value is -2.67. The molecule has 0 unspecified atom stereocenters. The van der Waals surface area contributed by atoms with Crippen molar-refractivity contribution < 1.29 is 4.79 Å². The van der Waals surface area contributed by atoms with E-state index in [2.05, 4.69) is 15.3 Å². The monoisotopic (exact) mass is 354 g/mol. The van der Waals surface area contributed by atoms with Crippen LogP contribution in [0.15, 0.2) is 58.6 Å². The van der Waals surface area contributed by atoms with Crippen LogP contribution in [0.2, 0.25) is 0 Å². The first-order valence-corrected chi connectivity index (χ1v) is 8.95. The summed E-state index contributed by atoms with van der Waals surface area (Å²) in [5, 5.41) is 3.16. The van der Waals surface area contributed by atoms with Gasteiger partial charge in [-0.15, -0.1) is 0 Å². The molecule has 0 aliphatic rings. The first kappa shape index (κ1) is 17.2. The molecule has 7 heteroatoms. The van der Waals surface area contributed by atoms with Crippen LogP contribution in [0.4, 0.5) is 0 Å². The van der Waals surface area contributed by atoms with Gasteiger partial charge < -0.3 is 9.88 Å². The molecular weight excluding hydrogens is 336 g/mol. The normalized spacial score (nSPS) is 10.8. The predicted molar refractivity (Wildman–Crippen MR) is 98.5 cm³/mol. The number of aryl methyl sites for hydroxylation is 1. The van der Waals surface area contributed by atoms with Gasteiger partial charge in [-0.3, -0.25) is 14.6 Å². The molecule has 0 radical (unpaired) electrons. The number of hydrogen-bond donors (Lipinski definition) is 1. The Morgan fingerprint density at radius 3 is 2.84 bits per heavy atom. The van der Waals surface area contributed by atoms with Gasteiger partial charge in [-0.1, -0.05) is 30.0 Å². The van der Waals surface area contributed by atoms with Gasteiger partial charge in [0.05, 0.1) is 16.8 Å². The summed E-state index contributed by atoms with van der Waals surface area (Å²) < 4.78 is 1.68. The van der Waals surface area contributed by atoms with Gasteiger partial charge in [0, 0.05) is 25.5 Å². The molecule has 3 rings (SSSR count). The van der Waals surface area contributed by atoms with Crippen molar-refractivity contribution in [1.29, 1.82) is 0 Å². The van der Waals surface area contributed by atoms with Crippen molar-refractivity contribution in [3.63, 3.8) is 0 Å². The van der Waals surface area contributed by atoms with Crippen LogP contribution in [0.1, 0.15) is 12.5 Å². The number of nitrogens with zero attached hydrogens (tertiary/aromatic N) is 3. The second-order valence-electron chi connectivity index (χ2n) is 5.38. The zero-order valence-corrected chi connectivity index (χ0v) is 14.6. The average Bonchev–Trinajstić information content (AvgIpc) is 2.65. The van der Waals surface area contributed by atoms with Crippen molar-refractivity contribution in [3.05, 3.63) is 64.7 Å². The molecule has 0 spiro atoms. The van der Waals surface area contributed by atoms with Crippen LogP contribution in [0, 0.1) is 0 Å². The van der Waals surface area contributed by atoms with Crippen LogP contribution in [-0.2, 0) is 17.9 Å². The smallest absolute Gasteiger partial charge is 0.283 e. The highest BCUT2D eigenvalue weighted by Crippen LogP contribution is 2.16. The topological polar surface area (TPSA) is 76.9 Å². The number of para-hydroxylation sites is 2. The molecule has 1 aromatic carbocycles. The first-order chi connectivity index (χ1) is 12.2. The number of hydrogen-bond acceptors (Lipinski definition) is 5. The lowest BCUT2D eigenvalue weighted by Crippen LogP contribution is -2.26. The van der Waals surface area contributed by atoms with Crippen molar-refractivity contribution in [2.45, 2.75) is 25.0 Å². The fourth-order valence-corrected chi connectivity index (χ4v) is 3.23. The lowest BCUT2D eigenvalue weighted by Gasteiger charge is -2.10. The second-order valence-corrected chi connectivity index (χ2v) is 6.35. The summed E-state index contributed by atoms with van der Waals surface area (Å²) in [7, 11) is 0. The minimum atomic E-state index is -0.161. The molecule has 25 heavy (non-hydrogen) atoms. The van der Waals surface area contributed by atoms with Crippen molar-refractivity contribution >= 4 is 28.7 Å². The van der Waals surface area contributed by atoms with E-state index in [1.54, 1.807) is 17.0 Å². The summed E-state index contributed by atoms with van der Waals surface area (Å²) in [4.78, 5) is 33.0. The van der Waals surface area contributed by atoms with Gasteiger partial charge in [-0.2, -0.15) is 0 Å². The number of amides is 1. The highest BCUT2D eigenvalue weighted by atomic mass is 32.2. The van der Waals surface area contributed by atoms with Crippen LogP contribution in [0.3, 0.4) is 0 Å². The molecule has 0 aliphatic heterocycles. The fourth-order valence-electron chi connectivity index (χ4n) is 2.47. The maximum atomic E-state index is 12.5. The minimum Gasteiger partial charge on any atom is -0.351 e. The van der Waals surface area contributed by atoms with Crippen LogP contribution >= 0.6 is 11.8 Å². The summed E-state index contributed by atoms with van der Waals surface area (Å²) in [5.74, 6) is -0.00357. The van der Waals surface area contributed by atoms with Gasteiger partial charge in [0.1, 0.15) is 0 Å². The number of benzene rings is 1. The van der Waals surface area contributed by atoms with Gasteiger partial charge >= 0.3 is 0 Å². The van der Waals surface area contributed by atoms with Gasteiger partial charge in [0.2, 0.25) is 5.91 Å². The van der Waals surface area contributed by atoms with E-state index in [1.165, 1.54) is 0 Å². The molecular formula is C18H18N4O2S. The van der Waals surface area contributed by atoms with Gasteiger partial charge in [0.25, 0.3) is 5.56 Å². The van der Waals surface area contributed by atoms with E-state index < -0.39 is 0 Å². The Balaban J connectivity index is 1.69. The number of pyridine rings is 1. The molecule has 0 aliphatic carbocycles. The number of rotatable bonds is 6. The molecule has 0 fully saturated rings. The maximum Gasteiger partial charge on any atom is 0.283 e. The summed E-state index contributed by atoms with van der Waals surface area (Å²) >= 11 is 1.16. The van der Waals surface area contributed by atoms with Crippen LogP contribution < -0.4 is 10.9 Å². The van der Waals surface area contributed by atoms with E-state index in [-0.39, 0.29) is 17.2 Å². The average molecular weight is 354 g/mol. The lowest BCUT2D eigenvalue weighted by molar-refractivity contribution is -0.118. The predicted octanol–water partition coefficient (Wildman–Crippen LogP) is 2.22. The fraction of sp³-hybridized carbons (Fsp3) is 0.222. The number of aromatic nitrogens is 3. The third-order valence-corrected chi connectivity index (χ3v) is 4.64. The number of carbonyl (C=O) groups excluding carboxylic acids is 1. The highest BCUT2D eigenvalue weighted by molar-refractivity contribution is 7.99. The SMILES string of the molecule is CCn1c(=O)c(SCC(=O)NCc2cccnc2)nc2ccccc21. The van der Waals surface area contributed by atoms with Crippen molar-refractivity contribution in [2.24, 2.45) is 0 Å². The molecule has 1 amide bonds. The van der Waals surface area contributed by atoms with E-state index in [0.29, 0.717) is 18.1 Å². The molecule has 2 heterocycles. The summed E-state index contributed by atoms with van der Waals surface area (Å²) in [6.07, 6.45) is 3.39. The molecule has 2 aromatic heterocycles. The highest BCUT2D eigenvalue weighted by Gasteiger charge is 2.12. The van der Waals surface area contributed by atoms with E-state index in [9.17, 15) is 9.59 Å². The van der Waals surface area contributed by atoms with Gasteiger partial charge in [-0.05, 0) is 30.7 Å². The van der Waals surface area contributed by atoms with Crippen LogP contribution in [0.5, 0.6) is 0 Å². The number of nitrogens with one attached hydrogen (secondary N) is 1. The van der Waals surface area contributed by atoms with Crippen molar-refractivity contribution in [3.8, 4) is 0 Å². The molecule has 1 N–H and O–H groups in total. The van der Waals surface area contributed by atoms with E-state index in [1.807, 2.05) is 43.3 Å². The van der Waals surface area contributed by atoms with E-state index in [0.717, 1.165) is 28.4 Å². The van der Waals surface area contributed by atoms with Crippen molar-refractivity contribution in [1.82, 2.24) is 19.9 Å². The third-order valence-electron chi connectivity index (χ3n) is 3.69. The Kier molecular flexibility index (Phi) is 5.45. The minimum absolute atomic E-state index is 0.143. The van der Waals surface area contributed by atoms with Gasteiger partial charge in [0.15, 0.2) is 5.03 Å². The molecule has 0 saturated heterocycles. The quantitative estimate of drug-likeness (QED) is 0.687. The standard InChI is InChI=1S/C18H18N4O2S/c1-2-22-15-8-4-3-7-14(15)21-17(18(22)24)25-12-16(23)20-11-13-6-5-9-19-10-13/h3-10H,2,11-12H2,1H3,(H,20,23). The molecule has 0 bridgehead atoms. The Morgan fingerprint density at radius 1 is 1.24 bits per heavy atom. The first-order valence-electron chi connectivity index (χ1n) is 7.97. The molecule has 3 aromatic rings. The molecule has 6 nitrogen and oxygen atoms in total. The maximum absolute atomic E-state index is 12.5.